The topological polar surface area (TPSA) is 20.7 Å². The van der Waals surface area contributed by atoms with Crippen LogP contribution in [0.3, 0.4) is 0 Å². The number of imidazole rings is 1. The molecule has 4 heteroatoms. The summed E-state index contributed by atoms with van der Waals surface area (Å²) in [5, 5.41) is 0. The molecule has 0 amide bonds. The Hall–Kier alpha value is -0.870. The maximum atomic E-state index is 5.20. The van der Waals surface area contributed by atoms with Crippen molar-refractivity contribution in [2.45, 2.75) is 13.5 Å². The Balaban J connectivity index is 2.29. The number of H-pyrrole nitrogens is 1. The van der Waals surface area contributed by atoms with Gasteiger partial charge in [-0.1, -0.05) is 28.1 Å². The van der Waals surface area contributed by atoms with E-state index in [4.69, 9.17) is 12.2 Å². The van der Waals surface area contributed by atoms with E-state index in [-0.39, 0.29) is 0 Å². The van der Waals surface area contributed by atoms with Crippen LogP contribution in [0.15, 0.2) is 34.9 Å². The number of hydrogen-bond acceptors (Lipinski definition) is 1. The van der Waals surface area contributed by atoms with E-state index in [1.54, 1.807) is 0 Å². The summed E-state index contributed by atoms with van der Waals surface area (Å²) in [4.78, 5) is 3.11. The fourth-order valence-corrected chi connectivity index (χ4v) is 2.24. The highest BCUT2D eigenvalue weighted by molar-refractivity contribution is 9.10. The van der Waals surface area contributed by atoms with Crippen molar-refractivity contribution in [3.63, 3.8) is 0 Å². The summed E-state index contributed by atoms with van der Waals surface area (Å²) in [5.41, 5.74) is 2.33. The van der Waals surface area contributed by atoms with Crippen LogP contribution in [-0.2, 0) is 6.54 Å². The summed E-state index contributed by atoms with van der Waals surface area (Å²) < 4.78 is 3.90. The third kappa shape index (κ3) is 2.58. The van der Waals surface area contributed by atoms with Gasteiger partial charge in [0.1, 0.15) is 0 Å². The van der Waals surface area contributed by atoms with Gasteiger partial charge in [-0.05, 0) is 36.8 Å². The van der Waals surface area contributed by atoms with Crippen molar-refractivity contribution in [3.8, 4) is 0 Å². The molecule has 0 bridgehead atoms. The van der Waals surface area contributed by atoms with Crippen molar-refractivity contribution in [1.29, 1.82) is 0 Å². The molecule has 1 aromatic heterocycles. The molecule has 0 fully saturated rings. The number of halogens is 1. The predicted octanol–water partition coefficient (Wildman–Crippen LogP) is 3.66. The first-order valence-corrected chi connectivity index (χ1v) is 5.86. The number of nitrogens with zero attached hydrogens (tertiary/aromatic N) is 1. The van der Waals surface area contributed by atoms with E-state index in [9.17, 15) is 0 Å². The fraction of sp³-hybridized carbons (Fsp3) is 0.182. The minimum Gasteiger partial charge on any atom is -0.335 e. The number of hydrogen-bond donors (Lipinski definition) is 1. The SMILES string of the molecule is Cc1cn(Cc2cccc(Br)c2)c(=S)[nH]1. The van der Waals surface area contributed by atoms with Crippen LogP contribution < -0.4 is 0 Å². The second-order valence-corrected chi connectivity index (χ2v) is 4.80. The Morgan fingerprint density at radius 1 is 1.47 bits per heavy atom. The van der Waals surface area contributed by atoms with E-state index in [1.165, 1.54) is 5.56 Å². The molecule has 1 heterocycles. The summed E-state index contributed by atoms with van der Waals surface area (Å²) in [6.45, 7) is 2.82. The van der Waals surface area contributed by atoms with Gasteiger partial charge in [-0.15, -0.1) is 0 Å². The second kappa shape index (κ2) is 4.33. The highest BCUT2D eigenvalue weighted by atomic mass is 79.9. The normalized spacial score (nSPS) is 10.5. The van der Waals surface area contributed by atoms with Crippen molar-refractivity contribution in [2.75, 3.05) is 0 Å². The average molecular weight is 283 g/mol. The Kier molecular flexibility index (Phi) is 3.07. The lowest BCUT2D eigenvalue weighted by atomic mass is 10.2. The Morgan fingerprint density at radius 2 is 2.27 bits per heavy atom. The van der Waals surface area contributed by atoms with E-state index in [0.717, 1.165) is 21.5 Å². The van der Waals surface area contributed by atoms with Gasteiger partial charge >= 0.3 is 0 Å². The molecule has 0 spiro atoms. The molecule has 1 aromatic carbocycles. The highest BCUT2D eigenvalue weighted by Gasteiger charge is 1.98. The standard InChI is InChI=1S/C11H11BrN2S/c1-8-6-14(11(15)13-8)7-9-3-2-4-10(12)5-9/h2-6H,7H2,1H3,(H,13,15). The van der Waals surface area contributed by atoms with E-state index in [2.05, 4.69) is 33.0 Å². The molecule has 1 N–H and O–H groups in total. The molecule has 78 valence electrons. The van der Waals surface area contributed by atoms with Crippen LogP contribution in [-0.4, -0.2) is 9.55 Å². The van der Waals surface area contributed by atoms with Crippen molar-refractivity contribution < 1.29 is 0 Å². The molecule has 15 heavy (non-hydrogen) atoms. The molecule has 2 nitrogen and oxygen atoms in total. The van der Waals surface area contributed by atoms with Crippen molar-refractivity contribution >= 4 is 28.1 Å². The lowest BCUT2D eigenvalue weighted by Crippen LogP contribution is -1.97. The summed E-state index contributed by atoms with van der Waals surface area (Å²) in [6.07, 6.45) is 2.03. The van der Waals surface area contributed by atoms with Crippen molar-refractivity contribution in [2.24, 2.45) is 0 Å². The van der Waals surface area contributed by atoms with Crippen LogP contribution in [0, 0.1) is 11.7 Å². The van der Waals surface area contributed by atoms with Crippen molar-refractivity contribution in [1.82, 2.24) is 9.55 Å². The molecule has 0 saturated carbocycles. The second-order valence-electron chi connectivity index (χ2n) is 3.50. The van der Waals surface area contributed by atoms with Crippen LogP contribution in [0.5, 0.6) is 0 Å². The maximum Gasteiger partial charge on any atom is 0.177 e. The number of rotatable bonds is 2. The lowest BCUT2D eigenvalue weighted by molar-refractivity contribution is 0.783. The number of benzene rings is 1. The molecule has 0 aliphatic heterocycles. The monoisotopic (exact) mass is 282 g/mol. The van der Waals surface area contributed by atoms with Gasteiger partial charge in [-0.3, -0.25) is 0 Å². The predicted molar refractivity (Wildman–Crippen MR) is 67.6 cm³/mol. The smallest absolute Gasteiger partial charge is 0.177 e. The number of nitrogens with one attached hydrogen (secondary N) is 1. The first-order chi connectivity index (χ1) is 7.15. The molecular weight excluding hydrogens is 272 g/mol. The number of aryl methyl sites for hydroxylation is 1. The van der Waals surface area contributed by atoms with Gasteiger partial charge in [-0.2, -0.15) is 0 Å². The minimum absolute atomic E-state index is 0.771. The van der Waals surface area contributed by atoms with Crippen LogP contribution in [0.2, 0.25) is 0 Å². The van der Waals surface area contributed by atoms with Gasteiger partial charge in [0.2, 0.25) is 0 Å². The highest BCUT2D eigenvalue weighted by Crippen LogP contribution is 2.13. The third-order valence-electron chi connectivity index (χ3n) is 2.16. The summed E-state index contributed by atoms with van der Waals surface area (Å²) in [5.74, 6) is 0. The van der Waals surface area contributed by atoms with Gasteiger partial charge in [0.25, 0.3) is 0 Å². The molecule has 0 saturated heterocycles. The van der Waals surface area contributed by atoms with E-state index in [1.807, 2.05) is 29.8 Å². The van der Waals surface area contributed by atoms with Crippen LogP contribution in [0.25, 0.3) is 0 Å². The minimum atomic E-state index is 0.771. The zero-order valence-corrected chi connectivity index (χ0v) is 10.7. The Labute approximate surface area is 102 Å². The van der Waals surface area contributed by atoms with Gasteiger partial charge < -0.3 is 9.55 Å². The lowest BCUT2D eigenvalue weighted by Gasteiger charge is -2.02. The van der Waals surface area contributed by atoms with E-state index >= 15 is 0 Å². The fourth-order valence-electron chi connectivity index (χ4n) is 1.51. The summed E-state index contributed by atoms with van der Waals surface area (Å²) in [6, 6.07) is 8.24. The number of aromatic nitrogens is 2. The van der Waals surface area contributed by atoms with Gasteiger partial charge in [0.05, 0.1) is 0 Å². The molecule has 0 aliphatic carbocycles. The maximum absolute atomic E-state index is 5.20. The average Bonchev–Trinajstić information content (AvgIpc) is 2.45. The zero-order chi connectivity index (χ0) is 10.8. The van der Waals surface area contributed by atoms with E-state index < -0.39 is 0 Å². The molecule has 0 aliphatic rings. The van der Waals surface area contributed by atoms with E-state index in [0.29, 0.717) is 0 Å². The van der Waals surface area contributed by atoms with Gasteiger partial charge in [0.15, 0.2) is 4.77 Å². The first kappa shape index (κ1) is 10.6. The molecule has 2 aromatic rings. The van der Waals surface area contributed by atoms with Crippen LogP contribution in [0.4, 0.5) is 0 Å². The van der Waals surface area contributed by atoms with Crippen LogP contribution >= 0.6 is 28.1 Å². The summed E-state index contributed by atoms with van der Waals surface area (Å²) in [7, 11) is 0. The molecule has 0 radical (unpaired) electrons. The molecule has 0 atom stereocenters. The molecule has 2 rings (SSSR count). The quantitative estimate of drug-likeness (QED) is 0.834. The Morgan fingerprint density at radius 3 is 2.87 bits per heavy atom. The molecule has 0 unspecified atom stereocenters. The Bertz CT molecular complexity index is 527. The first-order valence-electron chi connectivity index (χ1n) is 4.65. The number of aromatic amines is 1. The van der Waals surface area contributed by atoms with Crippen molar-refractivity contribution in [3.05, 3.63) is 51.0 Å². The van der Waals surface area contributed by atoms with Gasteiger partial charge in [0, 0.05) is 22.9 Å². The molecular formula is C11H11BrN2S. The summed E-state index contributed by atoms with van der Waals surface area (Å²) >= 11 is 8.66. The third-order valence-corrected chi connectivity index (χ3v) is 2.99. The largest absolute Gasteiger partial charge is 0.335 e. The van der Waals surface area contributed by atoms with Gasteiger partial charge in [-0.25, -0.2) is 0 Å². The zero-order valence-electron chi connectivity index (χ0n) is 8.33. The van der Waals surface area contributed by atoms with Crippen LogP contribution in [0.1, 0.15) is 11.3 Å².